The van der Waals surface area contributed by atoms with Crippen LogP contribution in [0.2, 0.25) is 0 Å². The van der Waals surface area contributed by atoms with Crippen molar-refractivity contribution < 1.29 is 8.78 Å². The maximum absolute atomic E-state index is 12.9. The highest BCUT2D eigenvalue weighted by Crippen LogP contribution is 2.22. The largest absolute Gasteiger partial charge is 0.370 e. The van der Waals surface area contributed by atoms with E-state index in [9.17, 15) is 8.78 Å². The molecule has 2 N–H and O–H groups in total. The zero-order valence-electron chi connectivity index (χ0n) is 9.94. The van der Waals surface area contributed by atoms with E-state index in [-0.39, 0.29) is 5.57 Å². The van der Waals surface area contributed by atoms with E-state index >= 15 is 0 Å². The Morgan fingerprint density at radius 2 is 2.00 bits per heavy atom. The summed E-state index contributed by atoms with van der Waals surface area (Å²) in [5.74, 6) is 0. The first-order chi connectivity index (χ1) is 8.09. The van der Waals surface area contributed by atoms with E-state index in [1.165, 1.54) is 6.21 Å². The molecular formula is C11H18F2N4. The number of hydrogen-bond donors (Lipinski definition) is 1. The molecule has 0 radical (unpaired) electrons. The fraction of sp³-hybridized carbons (Fsp3) is 0.727. The average Bonchev–Trinajstić information content (AvgIpc) is 2.30. The van der Waals surface area contributed by atoms with Crippen LogP contribution in [-0.2, 0) is 0 Å². The summed E-state index contributed by atoms with van der Waals surface area (Å²) in [6, 6.07) is -0.396. The Labute approximate surface area is 99.8 Å². The van der Waals surface area contributed by atoms with Crippen molar-refractivity contribution in [2.24, 2.45) is 10.7 Å². The Morgan fingerprint density at radius 1 is 1.35 bits per heavy atom. The number of alkyl halides is 2. The Kier molecular flexibility index (Phi) is 3.73. The lowest BCUT2D eigenvalue weighted by Gasteiger charge is -2.39. The third-order valence-corrected chi connectivity index (χ3v) is 3.26. The highest BCUT2D eigenvalue weighted by molar-refractivity contribution is 5.82. The number of piperazine rings is 1. The third kappa shape index (κ3) is 2.63. The summed E-state index contributed by atoms with van der Waals surface area (Å²) < 4.78 is 25.9. The van der Waals surface area contributed by atoms with Crippen molar-refractivity contribution in [3.05, 3.63) is 11.3 Å². The molecule has 17 heavy (non-hydrogen) atoms. The van der Waals surface area contributed by atoms with Gasteiger partial charge in [0.2, 0.25) is 0 Å². The lowest BCUT2D eigenvalue weighted by molar-refractivity contribution is 0.161. The van der Waals surface area contributed by atoms with Crippen molar-refractivity contribution in [3.8, 4) is 0 Å². The van der Waals surface area contributed by atoms with Gasteiger partial charge in [0.05, 0.1) is 18.2 Å². The van der Waals surface area contributed by atoms with Crippen molar-refractivity contribution in [2.75, 3.05) is 39.8 Å². The predicted octanol–water partition coefficient (Wildman–Crippen LogP) is 0.165. The van der Waals surface area contributed by atoms with E-state index in [4.69, 9.17) is 5.73 Å². The summed E-state index contributed by atoms with van der Waals surface area (Å²) in [5.41, 5.74) is 6.49. The van der Waals surface area contributed by atoms with Crippen molar-refractivity contribution in [3.63, 3.8) is 0 Å². The van der Waals surface area contributed by atoms with Gasteiger partial charge in [-0.2, -0.15) is 0 Å². The van der Waals surface area contributed by atoms with E-state index in [1.807, 2.05) is 11.9 Å². The summed E-state index contributed by atoms with van der Waals surface area (Å²) in [4.78, 5) is 8.06. The van der Waals surface area contributed by atoms with Gasteiger partial charge in [-0.3, -0.25) is 4.99 Å². The van der Waals surface area contributed by atoms with Gasteiger partial charge in [0, 0.05) is 38.1 Å². The van der Waals surface area contributed by atoms with Crippen LogP contribution in [0.3, 0.4) is 0 Å². The zero-order valence-corrected chi connectivity index (χ0v) is 9.94. The first-order valence-electron chi connectivity index (χ1n) is 5.80. The van der Waals surface area contributed by atoms with Crippen molar-refractivity contribution in [1.82, 2.24) is 9.80 Å². The number of halogens is 2. The summed E-state index contributed by atoms with van der Waals surface area (Å²) in [6.07, 6.45) is -1.22. The molecule has 1 unspecified atom stereocenters. The minimum absolute atomic E-state index is 0.00620. The summed E-state index contributed by atoms with van der Waals surface area (Å²) in [6.45, 7) is 3.67. The molecule has 4 nitrogen and oxygen atoms in total. The Bertz CT molecular complexity index is 332. The lowest BCUT2D eigenvalue weighted by Crippen LogP contribution is -2.49. The molecule has 0 bridgehead atoms. The minimum atomic E-state index is -2.50. The van der Waals surface area contributed by atoms with E-state index in [0.29, 0.717) is 12.2 Å². The van der Waals surface area contributed by atoms with Crippen LogP contribution in [0.15, 0.2) is 16.3 Å². The molecular weight excluding hydrogens is 226 g/mol. The molecule has 1 fully saturated rings. The van der Waals surface area contributed by atoms with E-state index < -0.39 is 12.5 Å². The molecule has 2 heterocycles. The maximum Gasteiger partial charge on any atom is 0.267 e. The van der Waals surface area contributed by atoms with Crippen LogP contribution in [-0.4, -0.2) is 68.3 Å². The quantitative estimate of drug-likeness (QED) is 0.753. The van der Waals surface area contributed by atoms with Gasteiger partial charge in [-0.05, 0) is 7.05 Å². The van der Waals surface area contributed by atoms with Gasteiger partial charge in [0.1, 0.15) is 0 Å². The van der Waals surface area contributed by atoms with Crippen LogP contribution in [0, 0.1) is 0 Å². The highest BCUT2D eigenvalue weighted by Gasteiger charge is 2.28. The smallest absolute Gasteiger partial charge is 0.267 e. The Morgan fingerprint density at radius 3 is 2.59 bits per heavy atom. The maximum atomic E-state index is 12.9. The van der Waals surface area contributed by atoms with E-state index in [2.05, 4.69) is 9.89 Å². The molecule has 2 rings (SSSR count). The zero-order chi connectivity index (χ0) is 12.4. The molecule has 1 saturated heterocycles. The van der Waals surface area contributed by atoms with Crippen LogP contribution in [0.1, 0.15) is 0 Å². The number of dihydropyridines is 1. The number of likely N-dealkylation sites (N-methyl/N-ethyl adjacent to an activating group) is 1. The number of nitrogens with two attached hydrogens (primary N) is 1. The Hall–Kier alpha value is -1.01. The highest BCUT2D eigenvalue weighted by atomic mass is 19.3. The lowest BCUT2D eigenvalue weighted by atomic mass is 10.0. The van der Waals surface area contributed by atoms with Gasteiger partial charge in [0.25, 0.3) is 6.43 Å². The second-order valence-corrected chi connectivity index (χ2v) is 4.53. The van der Waals surface area contributed by atoms with Gasteiger partial charge in [-0.15, -0.1) is 0 Å². The second kappa shape index (κ2) is 5.10. The molecule has 0 aromatic rings. The number of hydrogen-bond acceptors (Lipinski definition) is 4. The first kappa shape index (κ1) is 12.4. The van der Waals surface area contributed by atoms with Gasteiger partial charge < -0.3 is 15.5 Å². The summed E-state index contributed by atoms with van der Waals surface area (Å²) in [7, 11) is 2.03. The number of aliphatic imine (C=N–C) groups is 1. The van der Waals surface area contributed by atoms with Crippen LogP contribution in [0.5, 0.6) is 0 Å². The second-order valence-electron chi connectivity index (χ2n) is 4.53. The molecule has 0 spiro atoms. The van der Waals surface area contributed by atoms with Gasteiger partial charge >= 0.3 is 0 Å². The number of rotatable bonds is 2. The van der Waals surface area contributed by atoms with E-state index in [1.54, 1.807) is 0 Å². The summed E-state index contributed by atoms with van der Waals surface area (Å²) in [5, 5.41) is 0. The topological polar surface area (TPSA) is 44.9 Å². The van der Waals surface area contributed by atoms with Crippen molar-refractivity contribution >= 4 is 6.21 Å². The molecule has 2 aliphatic heterocycles. The van der Waals surface area contributed by atoms with Gasteiger partial charge in [-0.25, -0.2) is 8.78 Å². The minimum Gasteiger partial charge on any atom is -0.370 e. The van der Waals surface area contributed by atoms with Crippen LogP contribution < -0.4 is 5.73 Å². The molecule has 1 atom stereocenters. The Balaban J connectivity index is 2.22. The SMILES string of the molecule is CN1CCN(C2=C(C(F)F)C=NCC2N)CC1. The normalized spacial score (nSPS) is 27.1. The molecule has 0 aliphatic carbocycles. The molecule has 0 amide bonds. The monoisotopic (exact) mass is 244 g/mol. The van der Waals surface area contributed by atoms with Gasteiger partial charge in [0.15, 0.2) is 0 Å². The van der Waals surface area contributed by atoms with Crippen LogP contribution in [0.4, 0.5) is 8.78 Å². The number of allylic oxidation sites excluding steroid dienone is 1. The first-order valence-corrected chi connectivity index (χ1v) is 5.80. The van der Waals surface area contributed by atoms with Crippen LogP contribution in [0.25, 0.3) is 0 Å². The third-order valence-electron chi connectivity index (χ3n) is 3.26. The van der Waals surface area contributed by atoms with E-state index in [0.717, 1.165) is 26.2 Å². The molecule has 2 aliphatic rings. The standard InChI is InChI=1S/C11H18F2N4/c1-16-2-4-17(5-3-16)10-8(11(12)13)6-15-7-9(10)14/h6,9,11H,2-5,7,14H2,1H3. The van der Waals surface area contributed by atoms with Crippen molar-refractivity contribution in [2.45, 2.75) is 12.5 Å². The average molecular weight is 244 g/mol. The fourth-order valence-corrected chi connectivity index (χ4v) is 2.26. The summed E-state index contributed by atoms with van der Waals surface area (Å²) >= 11 is 0. The molecule has 6 heteroatoms. The molecule has 0 aromatic carbocycles. The number of nitrogens with zero attached hydrogens (tertiary/aromatic N) is 3. The fourth-order valence-electron chi connectivity index (χ4n) is 2.26. The van der Waals surface area contributed by atoms with Crippen molar-refractivity contribution in [1.29, 1.82) is 0 Å². The molecule has 96 valence electrons. The molecule has 0 saturated carbocycles. The van der Waals surface area contributed by atoms with Crippen LogP contribution >= 0.6 is 0 Å². The molecule has 0 aromatic heterocycles. The predicted molar refractivity (Wildman–Crippen MR) is 63.4 cm³/mol. The van der Waals surface area contributed by atoms with Gasteiger partial charge in [-0.1, -0.05) is 0 Å².